The summed E-state index contributed by atoms with van der Waals surface area (Å²) in [6.45, 7) is 0.623. The highest BCUT2D eigenvalue weighted by atomic mass is 32.1. The maximum Gasteiger partial charge on any atom is 0.258 e. The third-order valence-electron chi connectivity index (χ3n) is 3.11. The van der Waals surface area contributed by atoms with E-state index in [1.54, 1.807) is 36.6 Å². The summed E-state index contributed by atoms with van der Waals surface area (Å²) in [6, 6.07) is 11.0. The van der Waals surface area contributed by atoms with E-state index in [0.29, 0.717) is 31.0 Å². The van der Waals surface area contributed by atoms with Gasteiger partial charge < -0.3 is 20.1 Å². The summed E-state index contributed by atoms with van der Waals surface area (Å²) in [5, 5.41) is 7.38. The van der Waals surface area contributed by atoms with E-state index < -0.39 is 0 Å². The molecule has 2 amide bonds. The fraction of sp³-hybridized carbons (Fsp3) is 0.294. The topological polar surface area (TPSA) is 76.7 Å². The van der Waals surface area contributed by atoms with Crippen LogP contribution in [0.15, 0.2) is 41.8 Å². The van der Waals surface area contributed by atoms with Gasteiger partial charge in [0.05, 0.1) is 13.5 Å². The van der Waals surface area contributed by atoms with E-state index in [0.717, 1.165) is 4.88 Å². The molecule has 0 saturated carbocycles. The van der Waals surface area contributed by atoms with Crippen LogP contribution < -0.4 is 20.1 Å². The molecular weight excluding hydrogens is 328 g/mol. The number of carbonyl (C=O) groups excluding carboxylic acids is 2. The van der Waals surface area contributed by atoms with Crippen LogP contribution in [0.4, 0.5) is 0 Å². The first-order chi connectivity index (χ1) is 11.7. The van der Waals surface area contributed by atoms with Crippen LogP contribution in [-0.4, -0.2) is 38.6 Å². The van der Waals surface area contributed by atoms with Crippen LogP contribution in [0, 0.1) is 0 Å². The lowest BCUT2D eigenvalue weighted by Gasteiger charge is -2.10. The number of para-hydroxylation sites is 2. The van der Waals surface area contributed by atoms with Gasteiger partial charge in [-0.05, 0) is 23.6 Å². The normalized spacial score (nSPS) is 10.0. The van der Waals surface area contributed by atoms with Crippen LogP contribution in [0.25, 0.3) is 0 Å². The van der Waals surface area contributed by atoms with Crippen molar-refractivity contribution in [2.75, 3.05) is 26.8 Å². The number of nitrogens with one attached hydrogen (secondary N) is 2. The molecule has 24 heavy (non-hydrogen) atoms. The third-order valence-corrected chi connectivity index (χ3v) is 3.99. The second kappa shape index (κ2) is 9.57. The van der Waals surface area contributed by atoms with E-state index in [9.17, 15) is 9.59 Å². The molecular formula is C17H20N2O4S. The van der Waals surface area contributed by atoms with Gasteiger partial charge >= 0.3 is 0 Å². The molecule has 0 aliphatic heterocycles. The van der Waals surface area contributed by atoms with Crippen LogP contribution in [0.2, 0.25) is 0 Å². The maximum absolute atomic E-state index is 11.7. The molecule has 2 aromatic rings. The molecule has 1 aromatic heterocycles. The zero-order chi connectivity index (χ0) is 17.2. The number of hydrogen-bond donors (Lipinski definition) is 2. The van der Waals surface area contributed by atoms with Crippen molar-refractivity contribution in [3.05, 3.63) is 46.7 Å². The van der Waals surface area contributed by atoms with Gasteiger partial charge in [-0.25, -0.2) is 0 Å². The summed E-state index contributed by atoms with van der Waals surface area (Å²) in [4.78, 5) is 24.4. The van der Waals surface area contributed by atoms with Gasteiger partial charge in [0.25, 0.3) is 5.91 Å². The van der Waals surface area contributed by atoms with Gasteiger partial charge in [-0.2, -0.15) is 0 Å². The number of amides is 2. The van der Waals surface area contributed by atoms with Crippen molar-refractivity contribution in [1.82, 2.24) is 10.6 Å². The Bertz CT molecular complexity index is 658. The van der Waals surface area contributed by atoms with Gasteiger partial charge in [0.2, 0.25) is 5.91 Å². The van der Waals surface area contributed by atoms with Crippen LogP contribution in [-0.2, 0) is 16.0 Å². The number of hydrogen-bond acceptors (Lipinski definition) is 5. The van der Waals surface area contributed by atoms with Gasteiger partial charge in [0.15, 0.2) is 18.1 Å². The standard InChI is InChI=1S/C17H20N2O4S/c1-22-14-6-2-3-7-15(14)23-12-17(21)19-9-8-18-16(20)11-13-5-4-10-24-13/h2-7,10H,8-9,11-12H2,1H3,(H,18,20)(H,19,21). The Balaban J connectivity index is 1.60. The Morgan fingerprint density at radius 3 is 2.38 bits per heavy atom. The Kier molecular flexibility index (Phi) is 7.10. The number of carbonyl (C=O) groups is 2. The summed E-state index contributed by atoms with van der Waals surface area (Å²) in [6.07, 6.45) is 0.364. The van der Waals surface area contributed by atoms with E-state index in [1.807, 2.05) is 23.6 Å². The molecule has 0 radical (unpaired) electrons. The number of ether oxygens (including phenoxy) is 2. The first kappa shape index (κ1) is 17.8. The largest absolute Gasteiger partial charge is 0.493 e. The Labute approximate surface area is 144 Å². The molecule has 0 atom stereocenters. The van der Waals surface area contributed by atoms with E-state index in [2.05, 4.69) is 10.6 Å². The molecule has 0 bridgehead atoms. The number of thiophene rings is 1. The highest BCUT2D eigenvalue weighted by Gasteiger charge is 2.07. The van der Waals surface area contributed by atoms with Crippen LogP contribution in [0.3, 0.4) is 0 Å². The second-order valence-electron chi connectivity index (χ2n) is 4.90. The predicted octanol–water partition coefficient (Wildman–Crippen LogP) is 1.61. The minimum Gasteiger partial charge on any atom is -0.493 e. The van der Waals surface area contributed by atoms with Crippen LogP contribution in [0.1, 0.15) is 4.88 Å². The number of rotatable bonds is 9. The van der Waals surface area contributed by atoms with Gasteiger partial charge in [-0.3, -0.25) is 9.59 Å². The molecule has 0 aliphatic rings. The van der Waals surface area contributed by atoms with Crippen LogP contribution in [0.5, 0.6) is 11.5 Å². The minimum atomic E-state index is -0.256. The summed E-state index contributed by atoms with van der Waals surface area (Å²) >= 11 is 1.55. The smallest absolute Gasteiger partial charge is 0.258 e. The zero-order valence-electron chi connectivity index (χ0n) is 13.4. The van der Waals surface area contributed by atoms with E-state index >= 15 is 0 Å². The van der Waals surface area contributed by atoms with Crippen molar-refractivity contribution in [3.8, 4) is 11.5 Å². The first-order valence-corrected chi connectivity index (χ1v) is 8.38. The molecule has 0 spiro atoms. The maximum atomic E-state index is 11.7. The summed E-state index contributed by atoms with van der Waals surface area (Å²) in [5.41, 5.74) is 0. The molecule has 0 saturated heterocycles. The molecule has 0 fully saturated rings. The average molecular weight is 348 g/mol. The molecule has 128 valence electrons. The number of benzene rings is 1. The molecule has 0 aliphatic carbocycles. The molecule has 0 unspecified atom stereocenters. The van der Waals surface area contributed by atoms with Crippen molar-refractivity contribution in [3.63, 3.8) is 0 Å². The minimum absolute atomic E-state index is 0.0584. The Morgan fingerprint density at radius 1 is 1.00 bits per heavy atom. The predicted molar refractivity (Wildman–Crippen MR) is 92.5 cm³/mol. The van der Waals surface area contributed by atoms with Crippen molar-refractivity contribution in [1.29, 1.82) is 0 Å². The third kappa shape index (κ3) is 5.92. The fourth-order valence-electron chi connectivity index (χ4n) is 1.97. The summed E-state index contributed by atoms with van der Waals surface area (Å²) < 4.78 is 10.6. The highest BCUT2D eigenvalue weighted by Crippen LogP contribution is 2.25. The molecule has 7 heteroatoms. The average Bonchev–Trinajstić information content (AvgIpc) is 3.10. The zero-order valence-corrected chi connectivity index (χ0v) is 14.2. The fourth-order valence-corrected chi connectivity index (χ4v) is 2.67. The van der Waals surface area contributed by atoms with Gasteiger partial charge in [-0.15, -0.1) is 11.3 Å². The van der Waals surface area contributed by atoms with Crippen molar-refractivity contribution >= 4 is 23.2 Å². The van der Waals surface area contributed by atoms with Crippen molar-refractivity contribution in [2.45, 2.75) is 6.42 Å². The molecule has 6 nitrogen and oxygen atoms in total. The quantitative estimate of drug-likeness (QED) is 0.675. The SMILES string of the molecule is COc1ccccc1OCC(=O)NCCNC(=O)Cc1cccs1. The summed E-state index contributed by atoms with van der Waals surface area (Å²) in [5.74, 6) is 0.774. The first-order valence-electron chi connectivity index (χ1n) is 7.50. The van der Waals surface area contributed by atoms with E-state index in [-0.39, 0.29) is 18.4 Å². The number of methoxy groups -OCH3 is 1. The van der Waals surface area contributed by atoms with E-state index in [4.69, 9.17) is 9.47 Å². The van der Waals surface area contributed by atoms with Crippen molar-refractivity contribution in [2.24, 2.45) is 0 Å². The molecule has 1 heterocycles. The van der Waals surface area contributed by atoms with Gasteiger partial charge in [0.1, 0.15) is 0 Å². The lowest BCUT2D eigenvalue weighted by Crippen LogP contribution is -2.37. The lowest BCUT2D eigenvalue weighted by molar-refractivity contribution is -0.124. The molecule has 1 aromatic carbocycles. The van der Waals surface area contributed by atoms with Crippen LogP contribution >= 0.6 is 11.3 Å². The molecule has 2 N–H and O–H groups in total. The van der Waals surface area contributed by atoms with E-state index in [1.165, 1.54) is 0 Å². The van der Waals surface area contributed by atoms with Gasteiger partial charge in [0, 0.05) is 18.0 Å². The van der Waals surface area contributed by atoms with Gasteiger partial charge in [-0.1, -0.05) is 18.2 Å². The highest BCUT2D eigenvalue weighted by molar-refractivity contribution is 7.10. The second-order valence-corrected chi connectivity index (χ2v) is 5.93. The van der Waals surface area contributed by atoms with Crippen molar-refractivity contribution < 1.29 is 19.1 Å². The monoisotopic (exact) mass is 348 g/mol. The summed E-state index contributed by atoms with van der Waals surface area (Å²) in [7, 11) is 1.54. The Hall–Kier alpha value is -2.54. The lowest BCUT2D eigenvalue weighted by atomic mass is 10.3. The Morgan fingerprint density at radius 2 is 1.71 bits per heavy atom. The molecule has 2 rings (SSSR count).